The Balaban J connectivity index is 1.26. The molecule has 1 amide bonds. The average Bonchev–Trinajstić information content (AvgIpc) is 2.84. The van der Waals surface area contributed by atoms with E-state index < -0.39 is 34.8 Å². The maximum atomic E-state index is 14.4. The first-order valence-corrected chi connectivity index (χ1v) is 11.4. The lowest BCUT2D eigenvalue weighted by molar-refractivity contribution is -0.137. The molecule has 11 heteroatoms. The third-order valence-electron chi connectivity index (χ3n) is 6.53. The van der Waals surface area contributed by atoms with Gasteiger partial charge < -0.3 is 15.5 Å². The number of amides is 1. The van der Waals surface area contributed by atoms with Gasteiger partial charge in [-0.05, 0) is 61.4 Å². The first kappa shape index (κ1) is 24.9. The number of aromatic nitrogens is 1. The largest absolute Gasteiger partial charge is 0.417 e. The number of carbonyl (C=O) groups excluding carboxylic acids is 1. The minimum Gasteiger partial charge on any atom is -0.392 e. The molecule has 2 aliphatic rings. The van der Waals surface area contributed by atoms with Crippen LogP contribution in [0.5, 0.6) is 0 Å². The van der Waals surface area contributed by atoms with E-state index >= 15 is 0 Å². The number of rotatable bonds is 5. The molecule has 1 aliphatic heterocycles. The summed E-state index contributed by atoms with van der Waals surface area (Å²) < 4.78 is 66.6. The lowest BCUT2D eigenvalue weighted by Crippen LogP contribution is -2.37. The summed E-state index contributed by atoms with van der Waals surface area (Å²) in [5.41, 5.74) is 4.91. The van der Waals surface area contributed by atoms with Gasteiger partial charge in [-0.15, -0.1) is 0 Å². The molecule has 1 aliphatic carbocycles. The van der Waals surface area contributed by atoms with Crippen molar-refractivity contribution in [1.82, 2.24) is 4.98 Å². The maximum absolute atomic E-state index is 14.4. The van der Waals surface area contributed by atoms with Crippen molar-refractivity contribution in [2.24, 2.45) is 10.9 Å². The summed E-state index contributed by atoms with van der Waals surface area (Å²) in [6, 6.07) is 4.31. The second-order valence-corrected chi connectivity index (χ2v) is 8.84. The minimum atomic E-state index is -4.41. The Kier molecular flexibility index (Phi) is 7.23. The Morgan fingerprint density at radius 1 is 1.06 bits per heavy atom. The van der Waals surface area contributed by atoms with Crippen molar-refractivity contribution < 1.29 is 31.6 Å². The molecule has 0 radical (unpaired) electrons. The first-order chi connectivity index (χ1) is 16.6. The van der Waals surface area contributed by atoms with E-state index in [1.54, 1.807) is 0 Å². The molecule has 2 aromatic rings. The van der Waals surface area contributed by atoms with Crippen LogP contribution in [0.3, 0.4) is 0 Å². The van der Waals surface area contributed by atoms with Gasteiger partial charge in [-0.1, -0.05) is 5.16 Å². The van der Waals surface area contributed by atoms with E-state index in [-0.39, 0.29) is 17.6 Å². The first-order valence-electron chi connectivity index (χ1n) is 11.4. The molecule has 188 valence electrons. The summed E-state index contributed by atoms with van der Waals surface area (Å²) >= 11 is 0. The van der Waals surface area contributed by atoms with Gasteiger partial charge in [-0.3, -0.25) is 4.79 Å². The number of nitrogens with two attached hydrogens (primary N) is 1. The lowest BCUT2D eigenvalue weighted by Gasteiger charge is -2.32. The Morgan fingerprint density at radius 3 is 2.31 bits per heavy atom. The topological polar surface area (TPSA) is 80.8 Å². The predicted molar refractivity (Wildman–Crippen MR) is 119 cm³/mol. The van der Waals surface area contributed by atoms with E-state index in [1.807, 2.05) is 4.90 Å². The third-order valence-corrected chi connectivity index (χ3v) is 6.53. The highest BCUT2D eigenvalue weighted by atomic mass is 19.4. The van der Waals surface area contributed by atoms with Crippen LogP contribution in [0.15, 0.2) is 35.6 Å². The van der Waals surface area contributed by atoms with Gasteiger partial charge in [0, 0.05) is 32.1 Å². The zero-order valence-electron chi connectivity index (χ0n) is 18.8. The molecule has 1 aromatic carbocycles. The number of alkyl halides is 3. The number of piperidine rings is 1. The summed E-state index contributed by atoms with van der Waals surface area (Å²) in [6.45, 7) is 1.17. The van der Waals surface area contributed by atoms with E-state index in [1.165, 1.54) is 6.07 Å². The van der Waals surface area contributed by atoms with E-state index in [0.717, 1.165) is 30.1 Å². The molecule has 4 rings (SSSR count). The molecule has 2 N–H and O–H groups in total. The van der Waals surface area contributed by atoms with Crippen molar-refractivity contribution in [2.75, 3.05) is 18.0 Å². The summed E-state index contributed by atoms with van der Waals surface area (Å²) in [7, 11) is 0. The fraction of sp³-hybridized carbons (Fsp3) is 0.458. The number of anilines is 1. The van der Waals surface area contributed by atoms with Crippen LogP contribution in [0.4, 0.5) is 27.8 Å². The number of oxime groups is 1. The molecule has 1 saturated carbocycles. The monoisotopic (exact) mass is 496 g/mol. The van der Waals surface area contributed by atoms with Crippen LogP contribution in [-0.2, 0) is 11.0 Å². The van der Waals surface area contributed by atoms with Crippen molar-refractivity contribution in [3.8, 4) is 0 Å². The number of benzene rings is 1. The molecule has 2 heterocycles. The van der Waals surface area contributed by atoms with Crippen LogP contribution in [0.2, 0.25) is 0 Å². The van der Waals surface area contributed by atoms with Gasteiger partial charge in [0.1, 0.15) is 23.6 Å². The summed E-state index contributed by atoms with van der Waals surface area (Å²) in [6.07, 6.45) is -0.0676. The smallest absolute Gasteiger partial charge is 0.392 e. The van der Waals surface area contributed by atoms with Crippen molar-refractivity contribution in [3.05, 3.63) is 58.8 Å². The zero-order chi connectivity index (χ0) is 25.2. The molecule has 6 nitrogen and oxygen atoms in total. The fourth-order valence-electron chi connectivity index (χ4n) is 4.50. The van der Waals surface area contributed by atoms with Gasteiger partial charge in [0.25, 0.3) is 5.91 Å². The average molecular weight is 496 g/mol. The second-order valence-electron chi connectivity index (χ2n) is 8.84. The number of primary amides is 1. The van der Waals surface area contributed by atoms with E-state index in [9.17, 15) is 26.7 Å². The van der Waals surface area contributed by atoms with Gasteiger partial charge in [0.15, 0.2) is 0 Å². The van der Waals surface area contributed by atoms with Gasteiger partial charge in [0.05, 0.1) is 16.8 Å². The van der Waals surface area contributed by atoms with Crippen LogP contribution in [-0.4, -0.2) is 35.8 Å². The van der Waals surface area contributed by atoms with E-state index in [4.69, 9.17) is 10.6 Å². The maximum Gasteiger partial charge on any atom is 0.417 e. The van der Waals surface area contributed by atoms with Crippen LogP contribution in [0.25, 0.3) is 0 Å². The van der Waals surface area contributed by atoms with Crippen molar-refractivity contribution in [2.45, 2.75) is 56.7 Å². The molecule has 0 bridgehead atoms. The molecule has 1 saturated heterocycles. The van der Waals surface area contributed by atoms with E-state index in [0.29, 0.717) is 57.4 Å². The lowest BCUT2D eigenvalue weighted by atomic mass is 9.82. The quantitative estimate of drug-likeness (QED) is 0.457. The normalized spacial score (nSPS) is 19.5. The number of carbonyl (C=O) groups is 1. The fourth-order valence-corrected chi connectivity index (χ4v) is 4.50. The number of halogens is 5. The number of pyridine rings is 1. The van der Waals surface area contributed by atoms with Crippen LogP contribution < -0.4 is 10.6 Å². The van der Waals surface area contributed by atoms with Gasteiger partial charge >= 0.3 is 6.18 Å². The van der Waals surface area contributed by atoms with Gasteiger partial charge in [-0.25, -0.2) is 13.8 Å². The molecule has 0 unspecified atom stereocenters. The Hall–Kier alpha value is -3.24. The van der Waals surface area contributed by atoms with Crippen LogP contribution >= 0.6 is 0 Å². The Bertz CT molecular complexity index is 1090. The van der Waals surface area contributed by atoms with Crippen molar-refractivity contribution in [3.63, 3.8) is 0 Å². The third kappa shape index (κ3) is 5.88. The SMILES string of the molecule is NC(=O)c1cc(F)c(C2CCC(=NOC3CCN(c4ccc(C(F)(F)F)cn4)CC3)CC2)cc1F. The van der Waals surface area contributed by atoms with Gasteiger partial charge in [0.2, 0.25) is 0 Å². The summed E-state index contributed by atoms with van der Waals surface area (Å²) in [5, 5.41) is 4.28. The molecule has 0 atom stereocenters. The molecule has 2 fully saturated rings. The van der Waals surface area contributed by atoms with Crippen LogP contribution in [0.1, 0.15) is 65.9 Å². The number of hydrogen-bond acceptors (Lipinski definition) is 5. The summed E-state index contributed by atoms with van der Waals surface area (Å²) in [4.78, 5) is 22.7. The predicted octanol–water partition coefficient (Wildman–Crippen LogP) is 5.18. The molecular weight excluding hydrogens is 471 g/mol. The van der Waals surface area contributed by atoms with Crippen molar-refractivity contribution in [1.29, 1.82) is 0 Å². The van der Waals surface area contributed by atoms with Crippen LogP contribution in [0, 0.1) is 11.6 Å². The molecule has 1 aromatic heterocycles. The Morgan fingerprint density at radius 2 is 1.74 bits per heavy atom. The number of nitrogens with zero attached hydrogens (tertiary/aromatic N) is 3. The highest BCUT2D eigenvalue weighted by Crippen LogP contribution is 2.35. The Labute approximate surface area is 198 Å². The minimum absolute atomic E-state index is 0.112. The molecule has 35 heavy (non-hydrogen) atoms. The highest BCUT2D eigenvalue weighted by Gasteiger charge is 2.31. The molecule has 0 spiro atoms. The van der Waals surface area contributed by atoms with Crippen molar-refractivity contribution >= 4 is 17.4 Å². The van der Waals surface area contributed by atoms with E-state index in [2.05, 4.69) is 10.1 Å². The molecular formula is C24H25F5N4O2. The number of hydrogen-bond donors (Lipinski definition) is 1. The van der Waals surface area contributed by atoms with Gasteiger partial charge in [-0.2, -0.15) is 13.2 Å². The zero-order valence-corrected chi connectivity index (χ0v) is 18.8. The summed E-state index contributed by atoms with van der Waals surface area (Å²) in [5.74, 6) is -2.17. The second kappa shape index (κ2) is 10.2. The standard InChI is InChI=1S/C24H25F5N4O2/c25-20-12-19(23(30)34)21(26)11-18(20)14-1-4-16(5-2-14)32-35-17-7-9-33(10-8-17)22-6-3-15(13-31-22)24(27,28)29/h3,6,11-14,17H,1-2,4-5,7-10H2,(H2,30,34). The highest BCUT2D eigenvalue weighted by molar-refractivity contribution is 5.93.